The number of amides is 1. The highest BCUT2D eigenvalue weighted by atomic mass is 32.2. The van der Waals surface area contributed by atoms with E-state index in [9.17, 15) is 18.0 Å². The lowest BCUT2D eigenvalue weighted by molar-refractivity contribution is -0.118. The van der Waals surface area contributed by atoms with Gasteiger partial charge in [0.25, 0.3) is 0 Å². The average molecular weight is 810 g/mol. The molecule has 1 saturated carbocycles. The quantitative estimate of drug-likeness (QED) is 0.0954. The zero-order valence-corrected chi connectivity index (χ0v) is 34.7. The number of esters is 1. The van der Waals surface area contributed by atoms with E-state index in [-0.39, 0.29) is 24.7 Å². The van der Waals surface area contributed by atoms with Gasteiger partial charge in [0.05, 0.1) is 23.5 Å². The van der Waals surface area contributed by atoms with Crippen LogP contribution in [0, 0.1) is 0 Å². The van der Waals surface area contributed by atoms with Gasteiger partial charge < -0.3 is 19.3 Å². The van der Waals surface area contributed by atoms with E-state index in [0.29, 0.717) is 33.9 Å². The van der Waals surface area contributed by atoms with Crippen molar-refractivity contribution in [2.45, 2.75) is 62.7 Å². The molecule has 0 bridgehead atoms. The number of hydrogen-bond acceptors (Lipinski definition) is 7. The molecular weight excluding hydrogens is 759 g/mol. The van der Waals surface area contributed by atoms with Crippen LogP contribution in [0.25, 0.3) is 10.8 Å². The third-order valence-electron chi connectivity index (χ3n) is 11.1. The number of carbonyl (C=O) groups is 2. The summed E-state index contributed by atoms with van der Waals surface area (Å²) in [4.78, 5) is 31.2. The molecule has 7 rings (SSSR count). The Morgan fingerprint density at radius 2 is 1.36 bits per heavy atom. The summed E-state index contributed by atoms with van der Waals surface area (Å²) < 4.78 is 41.8. The zero-order chi connectivity index (χ0) is 41.4. The molecule has 0 radical (unpaired) electrons. The molecule has 1 aliphatic carbocycles. The minimum atomic E-state index is -4.11. The van der Waals surface area contributed by atoms with Crippen LogP contribution < -0.4 is 14.5 Å². The number of fused-ring (bicyclic) bond motifs is 1. The van der Waals surface area contributed by atoms with Gasteiger partial charge in [0.1, 0.15) is 19.0 Å². The van der Waals surface area contributed by atoms with Gasteiger partial charge in [-0.2, -0.15) is 4.31 Å². The fourth-order valence-electron chi connectivity index (χ4n) is 7.75. The molecular formula is C49H51N3O6S. The summed E-state index contributed by atoms with van der Waals surface area (Å²) >= 11 is 0. The molecule has 1 aliphatic rings. The van der Waals surface area contributed by atoms with Gasteiger partial charge in [-0.25, -0.2) is 13.2 Å². The lowest BCUT2D eigenvalue weighted by Crippen LogP contribution is -2.41. The largest absolute Gasteiger partial charge is 0.488 e. The van der Waals surface area contributed by atoms with Crippen molar-refractivity contribution >= 4 is 44.0 Å². The number of sulfonamides is 1. The molecule has 9 nitrogen and oxygen atoms in total. The Morgan fingerprint density at radius 1 is 0.678 bits per heavy atom. The smallest absolute Gasteiger partial charge is 0.338 e. The lowest BCUT2D eigenvalue weighted by Gasteiger charge is -2.27. The summed E-state index contributed by atoms with van der Waals surface area (Å²) in [6.07, 6.45) is 6.10. The number of likely N-dealkylation sites (N-methyl/N-ethyl adjacent to an activating group) is 1. The first-order valence-electron chi connectivity index (χ1n) is 20.1. The summed E-state index contributed by atoms with van der Waals surface area (Å²) in [5.74, 6) is 0.0840. The average Bonchev–Trinajstić information content (AvgIpc) is 3.27. The van der Waals surface area contributed by atoms with Crippen LogP contribution in [0.3, 0.4) is 0 Å². The fraction of sp³-hybridized carbons (Fsp3) is 0.265. The maximum atomic E-state index is 14.6. The minimum Gasteiger partial charge on any atom is -0.488 e. The Morgan fingerprint density at radius 3 is 2.07 bits per heavy atom. The molecule has 0 spiro atoms. The van der Waals surface area contributed by atoms with Crippen LogP contribution in [0.5, 0.6) is 5.75 Å². The molecule has 10 heteroatoms. The Bertz CT molecular complexity index is 2490. The van der Waals surface area contributed by atoms with Gasteiger partial charge in [0, 0.05) is 54.9 Å². The summed E-state index contributed by atoms with van der Waals surface area (Å²) in [6, 6.07) is 43.1. The molecule has 0 atom stereocenters. The van der Waals surface area contributed by atoms with E-state index < -0.39 is 28.4 Å². The second-order valence-electron chi connectivity index (χ2n) is 15.3. The SMILES string of the molecule is CN(C)c1cccc2c(S(=O)(=O)N(C)CC(=O)N(Cc3ccc(C4CCCCC4)cc3)c3ccc(COC(=O)c4ccccc4)c(OCc4ccccc4)c3)cccc12. The van der Waals surface area contributed by atoms with Crippen LogP contribution in [0.15, 0.2) is 144 Å². The van der Waals surface area contributed by atoms with E-state index in [0.717, 1.165) is 26.5 Å². The Balaban J connectivity index is 1.21. The first-order chi connectivity index (χ1) is 28.6. The van der Waals surface area contributed by atoms with E-state index in [4.69, 9.17) is 9.47 Å². The first-order valence-corrected chi connectivity index (χ1v) is 21.6. The molecule has 6 aromatic rings. The third-order valence-corrected chi connectivity index (χ3v) is 12.9. The molecule has 0 N–H and O–H groups in total. The highest BCUT2D eigenvalue weighted by Crippen LogP contribution is 2.35. The van der Waals surface area contributed by atoms with Crippen molar-refractivity contribution in [3.8, 4) is 5.75 Å². The molecule has 1 amide bonds. The summed E-state index contributed by atoms with van der Waals surface area (Å²) in [7, 11) is 1.17. The fourth-order valence-corrected chi connectivity index (χ4v) is 9.07. The molecule has 0 aromatic heterocycles. The third kappa shape index (κ3) is 9.84. The van der Waals surface area contributed by atoms with E-state index in [2.05, 4.69) is 24.3 Å². The minimum absolute atomic E-state index is 0.0593. The van der Waals surface area contributed by atoms with Gasteiger partial charge in [-0.1, -0.05) is 116 Å². The van der Waals surface area contributed by atoms with E-state index >= 15 is 0 Å². The number of benzene rings is 6. The monoisotopic (exact) mass is 809 g/mol. The molecule has 0 aliphatic heterocycles. The number of ether oxygens (including phenoxy) is 2. The van der Waals surface area contributed by atoms with Gasteiger partial charge in [0.15, 0.2) is 0 Å². The van der Waals surface area contributed by atoms with Crippen molar-refractivity contribution in [1.82, 2.24) is 4.31 Å². The molecule has 0 unspecified atom stereocenters. The predicted molar refractivity (Wildman–Crippen MR) is 234 cm³/mol. The second kappa shape index (κ2) is 18.7. The van der Waals surface area contributed by atoms with Crippen LogP contribution in [0.1, 0.15) is 70.6 Å². The second-order valence-corrected chi connectivity index (χ2v) is 17.4. The number of carbonyl (C=O) groups excluding carboxylic acids is 2. The van der Waals surface area contributed by atoms with Crippen LogP contribution >= 0.6 is 0 Å². The van der Waals surface area contributed by atoms with E-state index in [1.807, 2.05) is 73.6 Å². The standard InChI is InChI=1S/C49H51N3O6S/c1-50(2)45-23-13-22-44-43(45)21-14-24-47(44)59(55,56)51(3)33-48(53)52(32-36-25-27-39(28-26-36)38-17-9-5-10-18-38)42-30-29-41(35-58-49(54)40-19-11-6-12-20-40)46(31-42)57-34-37-15-7-4-8-16-37/h4,6-8,11-16,19-31,38H,5,9-10,17-18,32-35H2,1-3H3. The number of anilines is 2. The highest BCUT2D eigenvalue weighted by Gasteiger charge is 2.29. The van der Waals surface area contributed by atoms with Crippen LogP contribution in [0.2, 0.25) is 0 Å². The van der Waals surface area contributed by atoms with Gasteiger partial charge in [-0.3, -0.25) is 4.79 Å². The topological polar surface area (TPSA) is 96.5 Å². The summed E-state index contributed by atoms with van der Waals surface area (Å²) in [5, 5.41) is 1.38. The summed E-state index contributed by atoms with van der Waals surface area (Å²) in [6.45, 7) is -0.0419. The van der Waals surface area contributed by atoms with Crippen LogP contribution in [-0.4, -0.2) is 52.3 Å². The normalized spacial score (nSPS) is 13.3. The number of nitrogens with zero attached hydrogens (tertiary/aromatic N) is 3. The predicted octanol–water partition coefficient (Wildman–Crippen LogP) is 9.74. The number of rotatable bonds is 15. The lowest BCUT2D eigenvalue weighted by atomic mass is 9.84. The molecule has 0 saturated heterocycles. The van der Waals surface area contributed by atoms with Gasteiger partial charge in [-0.05, 0) is 71.8 Å². The van der Waals surface area contributed by atoms with Crippen molar-refractivity contribution in [2.24, 2.45) is 0 Å². The van der Waals surface area contributed by atoms with Crippen LogP contribution in [-0.2, 0) is 39.3 Å². The van der Waals surface area contributed by atoms with E-state index in [1.54, 1.807) is 65.6 Å². The molecule has 1 fully saturated rings. The molecule has 59 heavy (non-hydrogen) atoms. The Kier molecular flexibility index (Phi) is 13.1. The van der Waals surface area contributed by atoms with Gasteiger partial charge in [0.2, 0.25) is 15.9 Å². The van der Waals surface area contributed by atoms with Crippen molar-refractivity contribution in [2.75, 3.05) is 37.5 Å². The van der Waals surface area contributed by atoms with Gasteiger partial charge >= 0.3 is 5.97 Å². The van der Waals surface area contributed by atoms with E-state index in [1.165, 1.54) is 44.7 Å². The molecule has 304 valence electrons. The molecule has 6 aromatic carbocycles. The van der Waals surface area contributed by atoms with Crippen LogP contribution in [0.4, 0.5) is 11.4 Å². The maximum Gasteiger partial charge on any atom is 0.338 e. The van der Waals surface area contributed by atoms with Crippen molar-refractivity contribution in [3.05, 3.63) is 167 Å². The maximum absolute atomic E-state index is 14.6. The van der Waals surface area contributed by atoms with Gasteiger partial charge in [-0.15, -0.1) is 0 Å². The molecule has 0 heterocycles. The number of hydrogen-bond donors (Lipinski definition) is 0. The van der Waals surface area contributed by atoms with Crippen molar-refractivity contribution < 1.29 is 27.5 Å². The Labute approximate surface area is 347 Å². The van der Waals surface area contributed by atoms with Crippen molar-refractivity contribution in [1.29, 1.82) is 0 Å². The summed E-state index contributed by atoms with van der Waals surface area (Å²) in [5.41, 5.74) is 5.60. The zero-order valence-electron chi connectivity index (χ0n) is 33.9. The first kappa shape index (κ1) is 41.2. The Hall–Kier alpha value is -5.97. The highest BCUT2D eigenvalue weighted by molar-refractivity contribution is 7.89. The van der Waals surface area contributed by atoms with Crippen molar-refractivity contribution in [3.63, 3.8) is 0 Å².